The Hall–Kier alpha value is -3.94. The molecule has 0 saturated carbocycles. The van der Waals surface area contributed by atoms with Gasteiger partial charge in [0.25, 0.3) is 0 Å². The zero-order valence-corrected chi connectivity index (χ0v) is 24.8. The molecule has 6 aromatic rings. The van der Waals surface area contributed by atoms with Crippen LogP contribution in [0, 0.1) is 12.8 Å². The van der Waals surface area contributed by atoms with Gasteiger partial charge in [0.1, 0.15) is 0 Å². The third-order valence-corrected chi connectivity index (χ3v) is 10.6. The molecule has 0 amide bonds. The number of fused-ring (bicyclic) bond motifs is 16. The fourth-order valence-electron chi connectivity index (χ4n) is 8.42. The lowest BCUT2D eigenvalue weighted by Crippen LogP contribution is -2.34. The minimum atomic E-state index is -0.401. The predicted molar refractivity (Wildman–Crippen MR) is 176 cm³/mol. The second-order valence-electron chi connectivity index (χ2n) is 12.3. The van der Waals surface area contributed by atoms with Crippen LogP contribution in [0.4, 0.5) is 0 Å². The molecule has 3 aliphatic rings. The van der Waals surface area contributed by atoms with Gasteiger partial charge in [0.15, 0.2) is 0 Å². The van der Waals surface area contributed by atoms with Crippen LogP contribution >= 0.6 is 15.9 Å². The van der Waals surface area contributed by atoms with Gasteiger partial charge in [0, 0.05) is 4.47 Å². The summed E-state index contributed by atoms with van der Waals surface area (Å²) in [7, 11) is 0. The van der Waals surface area contributed by atoms with E-state index in [0.717, 1.165) is 17.3 Å². The largest absolute Gasteiger partial charge is 0.0807 e. The molecule has 0 N–H and O–H groups in total. The van der Waals surface area contributed by atoms with Gasteiger partial charge in [0.2, 0.25) is 0 Å². The first kappa shape index (κ1) is 23.7. The van der Waals surface area contributed by atoms with Crippen LogP contribution in [0.2, 0.25) is 0 Å². The first-order valence-electron chi connectivity index (χ1n) is 14.7. The lowest BCUT2D eigenvalue weighted by atomic mass is 9.60. The summed E-state index contributed by atoms with van der Waals surface area (Å²) < 4.78 is 1.16. The highest BCUT2D eigenvalue weighted by atomic mass is 79.9. The molecule has 0 nitrogen and oxygen atoms in total. The van der Waals surface area contributed by atoms with E-state index in [4.69, 9.17) is 0 Å². The van der Waals surface area contributed by atoms with E-state index in [1.165, 1.54) is 82.7 Å². The SMILES string of the molecule is Cc1ccc2c3c(c4c(c2c1)CC(C)C=C4)-c1c(cc(Br)c2ccccc12)C31c2ccccc2Cc2ccccc21. The van der Waals surface area contributed by atoms with Crippen molar-refractivity contribution >= 4 is 43.6 Å². The smallest absolute Gasteiger partial charge is 0.0725 e. The second-order valence-corrected chi connectivity index (χ2v) is 13.2. The van der Waals surface area contributed by atoms with Crippen LogP contribution in [0.5, 0.6) is 0 Å². The Morgan fingerprint density at radius 1 is 0.683 bits per heavy atom. The normalized spacial score (nSPS) is 17.3. The van der Waals surface area contributed by atoms with E-state index in [1.807, 2.05) is 0 Å². The van der Waals surface area contributed by atoms with Gasteiger partial charge in [-0.3, -0.25) is 0 Å². The number of hydrogen-bond donors (Lipinski definition) is 0. The van der Waals surface area contributed by atoms with Crippen molar-refractivity contribution < 1.29 is 0 Å². The number of allylic oxidation sites excluding steroid dienone is 1. The molecular weight excluding hydrogens is 560 g/mol. The van der Waals surface area contributed by atoms with Crippen LogP contribution in [0.1, 0.15) is 57.0 Å². The van der Waals surface area contributed by atoms with Gasteiger partial charge in [-0.2, -0.15) is 0 Å². The molecule has 0 saturated heterocycles. The summed E-state index contributed by atoms with van der Waals surface area (Å²) in [5.41, 5.74) is 15.3. The lowest BCUT2D eigenvalue weighted by Gasteiger charge is -2.41. The van der Waals surface area contributed by atoms with Crippen molar-refractivity contribution in [3.63, 3.8) is 0 Å². The van der Waals surface area contributed by atoms with Gasteiger partial charge in [-0.15, -0.1) is 0 Å². The van der Waals surface area contributed by atoms with Crippen LogP contribution in [0.3, 0.4) is 0 Å². The summed E-state index contributed by atoms with van der Waals surface area (Å²) in [6.07, 6.45) is 6.92. The molecule has 0 bridgehead atoms. The molecule has 0 aliphatic heterocycles. The van der Waals surface area contributed by atoms with E-state index >= 15 is 0 Å². The highest BCUT2D eigenvalue weighted by molar-refractivity contribution is 9.10. The third kappa shape index (κ3) is 2.95. The topological polar surface area (TPSA) is 0 Å². The Kier molecular flexibility index (Phi) is 4.81. The van der Waals surface area contributed by atoms with E-state index in [1.54, 1.807) is 0 Å². The molecule has 0 heterocycles. The molecule has 0 aromatic heterocycles. The molecule has 1 unspecified atom stereocenters. The summed E-state index contributed by atoms with van der Waals surface area (Å²) in [5, 5.41) is 5.43. The van der Waals surface area contributed by atoms with Crippen molar-refractivity contribution in [2.45, 2.75) is 32.1 Å². The standard InChI is InChI=1S/C40H29Br/c1-23-15-17-29-31(19-23)32-20-24(2)16-18-30(32)39-38(29)37-28-12-6-5-11-27(28)36(41)22-35(37)40(39)33-13-7-3-9-25(33)21-26-10-4-8-14-34(26)40/h3-18,20,22-23H,19,21H2,1-2H3. The summed E-state index contributed by atoms with van der Waals surface area (Å²) >= 11 is 4.05. The highest BCUT2D eigenvalue weighted by Gasteiger charge is 2.52. The number of benzene rings is 6. The van der Waals surface area contributed by atoms with Crippen molar-refractivity contribution in [1.29, 1.82) is 0 Å². The summed E-state index contributed by atoms with van der Waals surface area (Å²) in [4.78, 5) is 0. The summed E-state index contributed by atoms with van der Waals surface area (Å²) in [6.45, 7) is 4.59. The van der Waals surface area contributed by atoms with Gasteiger partial charge >= 0.3 is 0 Å². The maximum Gasteiger partial charge on any atom is 0.0725 e. The minimum Gasteiger partial charge on any atom is -0.0807 e. The first-order chi connectivity index (χ1) is 20.1. The van der Waals surface area contributed by atoms with Gasteiger partial charge < -0.3 is 0 Å². The third-order valence-electron chi connectivity index (χ3n) is 9.98. The average Bonchev–Trinajstić information content (AvgIpc) is 3.29. The van der Waals surface area contributed by atoms with E-state index < -0.39 is 5.41 Å². The van der Waals surface area contributed by atoms with E-state index in [-0.39, 0.29) is 0 Å². The molecule has 196 valence electrons. The fourth-order valence-corrected chi connectivity index (χ4v) is 8.99. The molecule has 1 atom stereocenters. The van der Waals surface area contributed by atoms with Gasteiger partial charge in [-0.05, 0) is 109 Å². The van der Waals surface area contributed by atoms with E-state index in [2.05, 4.69) is 139 Å². The lowest BCUT2D eigenvalue weighted by molar-refractivity contribution is 0.716. The van der Waals surface area contributed by atoms with Crippen LogP contribution in [-0.4, -0.2) is 0 Å². The summed E-state index contributed by atoms with van der Waals surface area (Å²) in [6, 6.07) is 37.1. The van der Waals surface area contributed by atoms with Gasteiger partial charge in [-0.25, -0.2) is 0 Å². The number of aryl methyl sites for hydroxylation is 1. The molecule has 41 heavy (non-hydrogen) atoms. The van der Waals surface area contributed by atoms with Crippen molar-refractivity contribution in [1.82, 2.24) is 0 Å². The minimum absolute atomic E-state index is 0.401. The van der Waals surface area contributed by atoms with Gasteiger partial charge in [0.05, 0.1) is 5.41 Å². The quantitative estimate of drug-likeness (QED) is 0.165. The average molecular weight is 590 g/mol. The van der Waals surface area contributed by atoms with Crippen LogP contribution < -0.4 is 0 Å². The Balaban J connectivity index is 1.62. The number of halogens is 1. The monoisotopic (exact) mass is 588 g/mol. The summed E-state index contributed by atoms with van der Waals surface area (Å²) in [5.74, 6) is 0.525. The molecular formula is C40H29Br. The van der Waals surface area contributed by atoms with Gasteiger partial charge in [-0.1, -0.05) is 132 Å². The highest BCUT2D eigenvalue weighted by Crippen LogP contribution is 2.64. The molecule has 6 aromatic carbocycles. The predicted octanol–water partition coefficient (Wildman–Crippen LogP) is 10.5. The molecule has 0 fully saturated rings. The zero-order valence-electron chi connectivity index (χ0n) is 23.3. The molecule has 0 radical (unpaired) electrons. The molecule has 9 rings (SSSR count). The van der Waals surface area contributed by atoms with Crippen LogP contribution in [-0.2, 0) is 18.3 Å². The van der Waals surface area contributed by atoms with Crippen molar-refractivity contribution in [2.24, 2.45) is 5.92 Å². The molecule has 3 aliphatic carbocycles. The first-order valence-corrected chi connectivity index (χ1v) is 15.5. The van der Waals surface area contributed by atoms with Crippen molar-refractivity contribution in [3.05, 3.63) is 158 Å². The Bertz CT molecular complexity index is 2100. The molecule has 1 heteroatoms. The fraction of sp³-hybridized carbons (Fsp3) is 0.150. The number of hydrogen-bond acceptors (Lipinski definition) is 0. The molecule has 1 spiro atoms. The maximum absolute atomic E-state index is 4.05. The van der Waals surface area contributed by atoms with Crippen molar-refractivity contribution in [2.75, 3.05) is 0 Å². The number of rotatable bonds is 0. The van der Waals surface area contributed by atoms with E-state index in [0.29, 0.717) is 5.92 Å². The zero-order chi connectivity index (χ0) is 27.5. The van der Waals surface area contributed by atoms with Crippen molar-refractivity contribution in [3.8, 4) is 11.1 Å². The maximum atomic E-state index is 4.05. The van der Waals surface area contributed by atoms with E-state index in [9.17, 15) is 0 Å². The van der Waals surface area contributed by atoms with Crippen LogP contribution in [0.25, 0.3) is 38.7 Å². The Labute approximate surface area is 249 Å². The second kappa shape index (κ2) is 8.30. The van der Waals surface area contributed by atoms with Crippen LogP contribution in [0.15, 0.2) is 108 Å². The Morgan fingerprint density at radius 2 is 1.37 bits per heavy atom. The Morgan fingerprint density at radius 3 is 2.12 bits per heavy atom.